The zero-order valence-electron chi connectivity index (χ0n) is 13.8. The Morgan fingerprint density at radius 2 is 2.00 bits per heavy atom. The largest absolute Gasteiger partial charge is 0.325 e. The second-order valence-electron chi connectivity index (χ2n) is 5.55. The zero-order valence-corrected chi connectivity index (χ0v) is 14.6. The second-order valence-corrected chi connectivity index (χ2v) is 6.85. The first-order chi connectivity index (χ1) is 12.0. The molecule has 7 heteroatoms. The van der Waals surface area contributed by atoms with Gasteiger partial charge in [-0.2, -0.15) is 0 Å². The lowest BCUT2D eigenvalue weighted by molar-refractivity contribution is -0.115. The van der Waals surface area contributed by atoms with Crippen LogP contribution in [0.2, 0.25) is 0 Å². The molecule has 3 rings (SSSR count). The molecule has 5 nitrogen and oxygen atoms in total. The molecule has 0 spiro atoms. The van der Waals surface area contributed by atoms with E-state index in [0.717, 1.165) is 5.56 Å². The molecular weight excluding hydrogens is 339 g/mol. The smallest absolute Gasteiger partial charge is 0.237 e. The third kappa shape index (κ3) is 4.24. The molecule has 1 atom stereocenters. The summed E-state index contributed by atoms with van der Waals surface area (Å²) in [5.74, 6) is 0.0650. The zero-order chi connectivity index (χ0) is 17.8. The van der Waals surface area contributed by atoms with E-state index in [-0.39, 0.29) is 11.7 Å². The summed E-state index contributed by atoms with van der Waals surface area (Å²) in [6, 6.07) is 14.2. The molecule has 2 N–H and O–H groups in total. The van der Waals surface area contributed by atoms with E-state index in [1.54, 1.807) is 26.0 Å². The number of nitrogens with one attached hydrogen (secondary N) is 2. The van der Waals surface area contributed by atoms with Gasteiger partial charge in [0.1, 0.15) is 5.82 Å². The van der Waals surface area contributed by atoms with Gasteiger partial charge in [0.2, 0.25) is 11.1 Å². The molecule has 128 valence electrons. The van der Waals surface area contributed by atoms with Gasteiger partial charge in [-0.1, -0.05) is 48.2 Å². The van der Waals surface area contributed by atoms with E-state index in [1.165, 1.54) is 17.8 Å². The highest BCUT2D eigenvalue weighted by atomic mass is 32.2. The first kappa shape index (κ1) is 17.2. The predicted octanol–water partition coefficient (Wildman–Crippen LogP) is 4.04. The summed E-state index contributed by atoms with van der Waals surface area (Å²) in [5, 5.41) is 9.76. The van der Waals surface area contributed by atoms with Gasteiger partial charge < -0.3 is 5.32 Å². The highest BCUT2D eigenvalue weighted by molar-refractivity contribution is 8.00. The van der Waals surface area contributed by atoms with Gasteiger partial charge >= 0.3 is 0 Å². The highest BCUT2D eigenvalue weighted by Gasteiger charge is 2.18. The van der Waals surface area contributed by atoms with E-state index in [1.807, 2.05) is 30.3 Å². The minimum atomic E-state index is -0.427. The Kier molecular flexibility index (Phi) is 5.14. The van der Waals surface area contributed by atoms with Crippen LogP contribution in [0, 0.1) is 12.7 Å². The van der Waals surface area contributed by atoms with Gasteiger partial charge in [0.15, 0.2) is 5.82 Å². The van der Waals surface area contributed by atoms with Gasteiger partial charge in [-0.3, -0.25) is 9.89 Å². The summed E-state index contributed by atoms with van der Waals surface area (Å²) in [6.07, 6.45) is 0. The fraction of sp³-hybridized carbons (Fsp3) is 0.167. The Morgan fingerprint density at radius 1 is 1.24 bits per heavy atom. The number of H-pyrrole nitrogens is 1. The van der Waals surface area contributed by atoms with Crippen molar-refractivity contribution in [2.45, 2.75) is 24.3 Å². The van der Waals surface area contributed by atoms with Crippen LogP contribution in [0.5, 0.6) is 0 Å². The van der Waals surface area contributed by atoms with Crippen molar-refractivity contribution in [3.8, 4) is 11.4 Å². The molecule has 0 radical (unpaired) electrons. The number of carbonyl (C=O) groups is 1. The third-order valence-corrected chi connectivity index (χ3v) is 4.56. The minimum absolute atomic E-state index is 0.237. The van der Waals surface area contributed by atoms with Crippen molar-refractivity contribution in [1.29, 1.82) is 0 Å². The number of nitrogens with zero attached hydrogens (tertiary/aromatic N) is 2. The number of hydrogen-bond acceptors (Lipinski definition) is 4. The van der Waals surface area contributed by atoms with Crippen molar-refractivity contribution in [2.75, 3.05) is 5.32 Å². The Bertz CT molecular complexity index is 882. The number of aryl methyl sites for hydroxylation is 1. The monoisotopic (exact) mass is 356 g/mol. The van der Waals surface area contributed by atoms with Crippen molar-refractivity contribution in [3.05, 3.63) is 59.9 Å². The molecule has 0 saturated carbocycles. The number of aromatic nitrogens is 3. The highest BCUT2D eigenvalue weighted by Crippen LogP contribution is 2.23. The third-order valence-electron chi connectivity index (χ3n) is 3.60. The molecule has 1 aromatic heterocycles. The Labute approximate surface area is 149 Å². The standard InChI is InChI=1S/C18H17FN4OS/c1-11-8-9-14(10-15(11)19)20-17(24)12(2)25-18-21-16(22-23-18)13-6-4-3-5-7-13/h3-10,12H,1-2H3,(H,20,24)(H,21,22,23)/t12-/m1/s1. The van der Waals surface area contributed by atoms with E-state index in [4.69, 9.17) is 0 Å². The average molecular weight is 356 g/mol. The summed E-state index contributed by atoms with van der Waals surface area (Å²) in [7, 11) is 0. The fourth-order valence-corrected chi connectivity index (χ4v) is 2.87. The number of rotatable bonds is 5. The van der Waals surface area contributed by atoms with Gasteiger partial charge in [0.05, 0.1) is 5.25 Å². The molecule has 3 aromatic rings. The van der Waals surface area contributed by atoms with Crippen molar-refractivity contribution in [3.63, 3.8) is 0 Å². The van der Waals surface area contributed by atoms with Crippen LogP contribution in [-0.4, -0.2) is 26.3 Å². The van der Waals surface area contributed by atoms with Gasteiger partial charge in [0, 0.05) is 11.3 Å². The number of aromatic amines is 1. The van der Waals surface area contributed by atoms with Gasteiger partial charge in [0.25, 0.3) is 0 Å². The molecule has 0 bridgehead atoms. The average Bonchev–Trinajstić information content (AvgIpc) is 3.07. The normalized spacial score (nSPS) is 12.0. The van der Waals surface area contributed by atoms with Crippen LogP contribution in [0.4, 0.5) is 10.1 Å². The SMILES string of the molecule is Cc1ccc(NC(=O)[C@@H](C)Sc2n[nH]c(-c3ccccc3)n2)cc1F. The molecule has 0 fully saturated rings. The lowest BCUT2D eigenvalue weighted by atomic mass is 10.2. The van der Waals surface area contributed by atoms with Gasteiger partial charge in [-0.25, -0.2) is 9.37 Å². The molecule has 0 unspecified atom stereocenters. The quantitative estimate of drug-likeness (QED) is 0.677. The lowest BCUT2D eigenvalue weighted by Gasteiger charge is -2.10. The fourth-order valence-electron chi connectivity index (χ4n) is 2.15. The molecule has 25 heavy (non-hydrogen) atoms. The molecule has 2 aromatic carbocycles. The van der Waals surface area contributed by atoms with Crippen LogP contribution >= 0.6 is 11.8 Å². The minimum Gasteiger partial charge on any atom is -0.325 e. The Hall–Kier alpha value is -2.67. The Morgan fingerprint density at radius 3 is 2.72 bits per heavy atom. The summed E-state index contributed by atoms with van der Waals surface area (Å²) in [4.78, 5) is 16.7. The van der Waals surface area contributed by atoms with Gasteiger partial charge in [-0.05, 0) is 31.5 Å². The van der Waals surface area contributed by atoms with E-state index < -0.39 is 5.25 Å². The summed E-state index contributed by atoms with van der Waals surface area (Å²) in [5.41, 5.74) is 1.89. The van der Waals surface area contributed by atoms with Crippen molar-refractivity contribution in [1.82, 2.24) is 15.2 Å². The van der Waals surface area contributed by atoms with Crippen molar-refractivity contribution < 1.29 is 9.18 Å². The van der Waals surface area contributed by atoms with Crippen LogP contribution in [-0.2, 0) is 4.79 Å². The number of benzene rings is 2. The van der Waals surface area contributed by atoms with Crippen LogP contribution in [0.25, 0.3) is 11.4 Å². The number of carbonyl (C=O) groups excluding carboxylic acids is 1. The summed E-state index contributed by atoms with van der Waals surface area (Å²) in [6.45, 7) is 3.43. The molecular formula is C18H17FN4OS. The second kappa shape index (κ2) is 7.48. The number of halogens is 1. The van der Waals surface area contributed by atoms with Crippen LogP contribution in [0.3, 0.4) is 0 Å². The molecule has 0 saturated heterocycles. The van der Waals surface area contributed by atoms with E-state index in [9.17, 15) is 9.18 Å². The maximum atomic E-state index is 13.6. The lowest BCUT2D eigenvalue weighted by Crippen LogP contribution is -2.22. The van der Waals surface area contributed by atoms with E-state index >= 15 is 0 Å². The molecule has 0 aliphatic heterocycles. The summed E-state index contributed by atoms with van der Waals surface area (Å²) < 4.78 is 13.6. The maximum Gasteiger partial charge on any atom is 0.237 e. The number of hydrogen-bond donors (Lipinski definition) is 2. The van der Waals surface area contributed by atoms with Crippen LogP contribution < -0.4 is 5.32 Å². The number of amides is 1. The number of anilines is 1. The molecule has 0 aliphatic rings. The van der Waals surface area contributed by atoms with Crippen molar-refractivity contribution in [2.24, 2.45) is 0 Å². The number of thioether (sulfide) groups is 1. The first-order valence-electron chi connectivity index (χ1n) is 7.74. The molecule has 1 amide bonds. The molecule has 1 heterocycles. The topological polar surface area (TPSA) is 70.7 Å². The first-order valence-corrected chi connectivity index (χ1v) is 8.62. The van der Waals surface area contributed by atoms with Gasteiger partial charge in [-0.15, -0.1) is 5.10 Å². The summed E-state index contributed by atoms with van der Waals surface area (Å²) >= 11 is 1.23. The van der Waals surface area contributed by atoms with Crippen LogP contribution in [0.1, 0.15) is 12.5 Å². The Balaban J connectivity index is 1.63. The van der Waals surface area contributed by atoms with Crippen molar-refractivity contribution >= 4 is 23.4 Å². The molecule has 0 aliphatic carbocycles. The predicted molar refractivity (Wildman–Crippen MR) is 96.9 cm³/mol. The van der Waals surface area contributed by atoms with E-state index in [2.05, 4.69) is 20.5 Å². The maximum absolute atomic E-state index is 13.6. The van der Waals surface area contributed by atoms with Crippen LogP contribution in [0.15, 0.2) is 53.7 Å². The van der Waals surface area contributed by atoms with E-state index in [0.29, 0.717) is 22.2 Å².